The van der Waals surface area contributed by atoms with Crippen LogP contribution in [0.4, 0.5) is 0 Å². The van der Waals surface area contributed by atoms with Crippen LogP contribution in [0.25, 0.3) is 0 Å². The van der Waals surface area contributed by atoms with Gasteiger partial charge < -0.3 is 14.7 Å². The Balaban J connectivity index is 2.60. The van der Waals surface area contributed by atoms with E-state index in [4.69, 9.17) is 9.84 Å². The Morgan fingerprint density at radius 3 is 2.40 bits per heavy atom. The molecule has 0 radical (unpaired) electrons. The predicted molar refractivity (Wildman–Crippen MR) is 53.4 cm³/mol. The number of likely N-dealkylation sites (N-methyl/N-ethyl adjacent to an activating group) is 1. The van der Waals surface area contributed by atoms with Crippen molar-refractivity contribution in [3.05, 3.63) is 0 Å². The summed E-state index contributed by atoms with van der Waals surface area (Å²) in [6.45, 7) is 0.139. The van der Waals surface area contributed by atoms with Crippen LogP contribution >= 0.6 is 0 Å². The molecule has 0 atom stereocenters. The highest BCUT2D eigenvalue weighted by molar-refractivity contribution is 5.86. The van der Waals surface area contributed by atoms with Crippen LogP contribution in [0.2, 0.25) is 0 Å². The van der Waals surface area contributed by atoms with Crippen LogP contribution in [0.15, 0.2) is 0 Å². The molecule has 0 spiro atoms. The number of carbonyl (C=O) groups excluding carboxylic acids is 1. The Labute approximate surface area is 89.0 Å². The Kier molecular flexibility index (Phi) is 3.68. The first-order valence-electron chi connectivity index (χ1n) is 4.98. The summed E-state index contributed by atoms with van der Waals surface area (Å²) >= 11 is 0. The average Bonchev–Trinajstić information content (AvgIpc) is 2.09. The fraction of sp³-hybridized carbons (Fsp3) is 0.800. The molecule has 5 heteroatoms. The Morgan fingerprint density at radius 1 is 1.47 bits per heavy atom. The van der Waals surface area contributed by atoms with Crippen LogP contribution in [0.3, 0.4) is 0 Å². The van der Waals surface area contributed by atoms with Gasteiger partial charge in [0.2, 0.25) is 5.91 Å². The molecule has 1 N–H and O–H groups in total. The number of aliphatic carboxylic acids is 1. The van der Waals surface area contributed by atoms with Gasteiger partial charge in [-0.1, -0.05) is 6.42 Å². The van der Waals surface area contributed by atoms with Gasteiger partial charge in [0.15, 0.2) is 0 Å². The number of methoxy groups -OCH3 is 1. The van der Waals surface area contributed by atoms with Gasteiger partial charge >= 0.3 is 5.97 Å². The second kappa shape index (κ2) is 4.61. The van der Waals surface area contributed by atoms with E-state index in [0.717, 1.165) is 19.3 Å². The topological polar surface area (TPSA) is 66.8 Å². The molecular formula is C10H17NO4. The lowest BCUT2D eigenvalue weighted by Gasteiger charge is -2.41. The van der Waals surface area contributed by atoms with Crippen molar-refractivity contribution in [3.63, 3.8) is 0 Å². The highest BCUT2D eigenvalue weighted by Gasteiger charge is 2.45. The van der Waals surface area contributed by atoms with Crippen molar-refractivity contribution in [3.8, 4) is 0 Å². The van der Waals surface area contributed by atoms with Gasteiger partial charge in [0.25, 0.3) is 0 Å². The molecule has 1 saturated carbocycles. The number of nitrogens with zero attached hydrogens (tertiary/aromatic N) is 1. The zero-order chi connectivity index (χ0) is 11.5. The second-order valence-corrected chi connectivity index (χ2v) is 4.12. The van der Waals surface area contributed by atoms with Crippen LogP contribution in [0.1, 0.15) is 19.3 Å². The van der Waals surface area contributed by atoms with E-state index < -0.39 is 11.4 Å². The second-order valence-electron chi connectivity index (χ2n) is 4.12. The summed E-state index contributed by atoms with van der Waals surface area (Å²) in [6.07, 6.45) is 2.60. The maximum absolute atomic E-state index is 12.0. The van der Waals surface area contributed by atoms with Crippen LogP contribution < -0.4 is 0 Å². The van der Waals surface area contributed by atoms with Crippen LogP contribution in [-0.2, 0) is 14.3 Å². The smallest absolute Gasteiger partial charge is 0.323 e. The van der Waals surface area contributed by atoms with E-state index in [1.165, 1.54) is 11.9 Å². The molecule has 86 valence electrons. The summed E-state index contributed by atoms with van der Waals surface area (Å²) in [5.74, 6) is -1.10. The molecule has 1 aliphatic carbocycles. The normalized spacial score (nSPS) is 18.0. The molecule has 0 unspecified atom stereocenters. The maximum atomic E-state index is 12.0. The highest BCUT2D eigenvalue weighted by Crippen LogP contribution is 2.42. The number of amides is 1. The fourth-order valence-electron chi connectivity index (χ4n) is 1.98. The first-order valence-corrected chi connectivity index (χ1v) is 4.98. The van der Waals surface area contributed by atoms with E-state index in [1.807, 2.05) is 0 Å². The van der Waals surface area contributed by atoms with Gasteiger partial charge in [-0.3, -0.25) is 9.59 Å². The molecule has 15 heavy (non-hydrogen) atoms. The summed E-state index contributed by atoms with van der Waals surface area (Å²) in [7, 11) is 3.08. The first-order chi connectivity index (χ1) is 7.02. The van der Waals surface area contributed by atoms with Crippen molar-refractivity contribution in [2.45, 2.75) is 19.3 Å². The molecule has 0 heterocycles. The van der Waals surface area contributed by atoms with Crippen molar-refractivity contribution in [1.82, 2.24) is 4.90 Å². The summed E-state index contributed by atoms with van der Waals surface area (Å²) in [4.78, 5) is 23.7. The monoisotopic (exact) mass is 215 g/mol. The molecular weight excluding hydrogens is 198 g/mol. The molecule has 5 nitrogen and oxygen atoms in total. The number of carboxylic acid groups (broad SMARTS) is 1. The van der Waals surface area contributed by atoms with Crippen molar-refractivity contribution in [1.29, 1.82) is 0 Å². The minimum Gasteiger partial charge on any atom is -0.480 e. The predicted octanol–water partition coefficient (Wildman–Crippen LogP) is 0.346. The van der Waals surface area contributed by atoms with Gasteiger partial charge in [0.05, 0.1) is 12.0 Å². The van der Waals surface area contributed by atoms with Crippen molar-refractivity contribution < 1.29 is 19.4 Å². The third-order valence-corrected chi connectivity index (χ3v) is 2.90. The lowest BCUT2D eigenvalue weighted by Crippen LogP contribution is -2.50. The van der Waals surface area contributed by atoms with Gasteiger partial charge in [0, 0.05) is 14.2 Å². The molecule has 0 bridgehead atoms. The third-order valence-electron chi connectivity index (χ3n) is 2.90. The van der Waals surface area contributed by atoms with Gasteiger partial charge in [-0.2, -0.15) is 0 Å². The van der Waals surface area contributed by atoms with E-state index in [9.17, 15) is 9.59 Å². The molecule has 0 aromatic rings. The van der Waals surface area contributed by atoms with Crippen molar-refractivity contribution in [2.24, 2.45) is 5.41 Å². The maximum Gasteiger partial charge on any atom is 0.323 e. The SMILES string of the molecule is COCC1(C(=O)N(C)CC(=O)O)CCC1. The van der Waals surface area contributed by atoms with Crippen LogP contribution in [-0.4, -0.2) is 49.2 Å². The van der Waals surface area contributed by atoms with Crippen LogP contribution in [0, 0.1) is 5.41 Å². The number of carboxylic acids is 1. The van der Waals surface area contributed by atoms with Crippen molar-refractivity contribution in [2.75, 3.05) is 27.3 Å². The van der Waals surface area contributed by atoms with E-state index >= 15 is 0 Å². The molecule has 0 aliphatic heterocycles. The van der Waals surface area contributed by atoms with Crippen LogP contribution in [0.5, 0.6) is 0 Å². The molecule has 1 fully saturated rings. The van der Waals surface area contributed by atoms with Crippen molar-refractivity contribution >= 4 is 11.9 Å². The summed E-state index contributed by atoms with van der Waals surface area (Å²) in [5, 5.41) is 8.59. The Bertz CT molecular complexity index is 260. The third kappa shape index (κ3) is 2.47. The summed E-state index contributed by atoms with van der Waals surface area (Å²) < 4.78 is 5.03. The zero-order valence-corrected chi connectivity index (χ0v) is 9.15. The number of hydrogen-bond donors (Lipinski definition) is 1. The van der Waals surface area contributed by atoms with Gasteiger partial charge in [-0.05, 0) is 12.8 Å². The fourth-order valence-corrected chi connectivity index (χ4v) is 1.98. The lowest BCUT2D eigenvalue weighted by molar-refractivity contribution is -0.155. The lowest BCUT2D eigenvalue weighted by atomic mass is 9.68. The molecule has 0 aromatic heterocycles. The largest absolute Gasteiger partial charge is 0.480 e. The average molecular weight is 215 g/mol. The standard InChI is InChI=1S/C10H17NO4/c1-11(6-8(12)13)9(14)10(7-15-2)4-3-5-10/h3-7H2,1-2H3,(H,12,13). The number of carbonyl (C=O) groups is 2. The summed E-state index contributed by atoms with van der Waals surface area (Å²) in [5.41, 5.74) is -0.459. The molecule has 1 rings (SSSR count). The zero-order valence-electron chi connectivity index (χ0n) is 9.15. The van der Waals surface area contributed by atoms with E-state index in [0.29, 0.717) is 6.61 Å². The minimum absolute atomic E-state index is 0.113. The Morgan fingerprint density at radius 2 is 2.07 bits per heavy atom. The Hall–Kier alpha value is -1.10. The molecule has 1 aliphatic rings. The number of ether oxygens (including phenoxy) is 1. The van der Waals surface area contributed by atoms with E-state index in [1.54, 1.807) is 7.11 Å². The molecule has 0 saturated heterocycles. The minimum atomic E-state index is -0.988. The highest BCUT2D eigenvalue weighted by atomic mass is 16.5. The summed E-state index contributed by atoms with van der Waals surface area (Å²) in [6, 6.07) is 0. The van der Waals surface area contributed by atoms with Gasteiger partial charge in [0.1, 0.15) is 6.54 Å². The number of rotatable bonds is 5. The van der Waals surface area contributed by atoms with Gasteiger partial charge in [-0.25, -0.2) is 0 Å². The van der Waals surface area contributed by atoms with E-state index in [-0.39, 0.29) is 12.5 Å². The first kappa shape index (κ1) is 12.0. The molecule has 1 amide bonds. The van der Waals surface area contributed by atoms with Gasteiger partial charge in [-0.15, -0.1) is 0 Å². The number of hydrogen-bond acceptors (Lipinski definition) is 3. The van der Waals surface area contributed by atoms with E-state index in [2.05, 4.69) is 0 Å². The quantitative estimate of drug-likeness (QED) is 0.718. The molecule has 0 aromatic carbocycles.